The number of aromatic carboxylic acids is 1. The van der Waals surface area contributed by atoms with E-state index in [1.165, 1.54) is 12.8 Å². The van der Waals surface area contributed by atoms with Crippen LogP contribution in [0.2, 0.25) is 0 Å². The molecule has 1 saturated carbocycles. The average Bonchev–Trinajstić information content (AvgIpc) is 3.38. The SMILES string of the molecule is O=C(O)c1ccccc1CC1CCN(C(=O)C2CC(=O)N(C3CCCC3)C2)CC1. The van der Waals surface area contributed by atoms with Gasteiger partial charge in [-0.25, -0.2) is 4.79 Å². The fraction of sp³-hybridized carbons (Fsp3) is 0.609. The summed E-state index contributed by atoms with van der Waals surface area (Å²) in [5.41, 5.74) is 1.25. The normalized spacial score (nSPS) is 23.7. The molecule has 29 heavy (non-hydrogen) atoms. The van der Waals surface area contributed by atoms with Crippen LogP contribution in [-0.2, 0) is 16.0 Å². The topological polar surface area (TPSA) is 77.9 Å². The predicted octanol–water partition coefficient (Wildman–Crippen LogP) is 2.96. The average molecular weight is 399 g/mol. The van der Waals surface area contributed by atoms with Crippen molar-refractivity contribution >= 4 is 17.8 Å². The summed E-state index contributed by atoms with van der Waals surface area (Å²) in [6.45, 7) is 1.99. The van der Waals surface area contributed by atoms with Crippen molar-refractivity contribution in [1.82, 2.24) is 9.80 Å². The minimum Gasteiger partial charge on any atom is -0.478 e. The van der Waals surface area contributed by atoms with E-state index in [9.17, 15) is 19.5 Å². The van der Waals surface area contributed by atoms with E-state index in [2.05, 4.69) is 0 Å². The minimum atomic E-state index is -0.883. The van der Waals surface area contributed by atoms with Gasteiger partial charge < -0.3 is 14.9 Å². The molecule has 6 nitrogen and oxygen atoms in total. The summed E-state index contributed by atoms with van der Waals surface area (Å²) in [6.07, 6.45) is 7.39. The Labute approximate surface area is 171 Å². The van der Waals surface area contributed by atoms with Crippen LogP contribution in [0.1, 0.15) is 60.9 Å². The Morgan fingerprint density at radius 3 is 2.41 bits per heavy atom. The first-order valence-electron chi connectivity index (χ1n) is 10.9. The second-order valence-electron chi connectivity index (χ2n) is 8.82. The highest BCUT2D eigenvalue weighted by molar-refractivity contribution is 5.90. The van der Waals surface area contributed by atoms with Crippen molar-refractivity contribution in [3.8, 4) is 0 Å². The molecule has 3 aliphatic rings. The van der Waals surface area contributed by atoms with Gasteiger partial charge in [-0.2, -0.15) is 0 Å². The monoisotopic (exact) mass is 398 g/mol. The smallest absolute Gasteiger partial charge is 0.335 e. The lowest BCUT2D eigenvalue weighted by Gasteiger charge is -2.34. The molecule has 1 N–H and O–H groups in total. The zero-order chi connectivity index (χ0) is 20.4. The molecule has 1 unspecified atom stereocenters. The molecule has 2 saturated heterocycles. The molecule has 3 fully saturated rings. The molecule has 1 aromatic carbocycles. The molecule has 0 radical (unpaired) electrons. The fourth-order valence-corrected chi connectivity index (χ4v) is 5.30. The first kappa shape index (κ1) is 19.9. The number of piperidine rings is 1. The summed E-state index contributed by atoms with van der Waals surface area (Å²) in [6, 6.07) is 7.53. The van der Waals surface area contributed by atoms with Gasteiger partial charge in [0.15, 0.2) is 0 Å². The Morgan fingerprint density at radius 1 is 1.03 bits per heavy atom. The minimum absolute atomic E-state index is 0.128. The molecule has 2 aliphatic heterocycles. The van der Waals surface area contributed by atoms with Crippen LogP contribution >= 0.6 is 0 Å². The van der Waals surface area contributed by atoms with Gasteiger partial charge in [-0.15, -0.1) is 0 Å². The second-order valence-corrected chi connectivity index (χ2v) is 8.82. The van der Waals surface area contributed by atoms with Gasteiger partial charge in [-0.05, 0) is 49.7 Å². The van der Waals surface area contributed by atoms with Crippen LogP contribution in [0.5, 0.6) is 0 Å². The van der Waals surface area contributed by atoms with Crippen molar-refractivity contribution in [2.45, 2.75) is 57.4 Å². The van der Waals surface area contributed by atoms with Crippen molar-refractivity contribution in [1.29, 1.82) is 0 Å². The van der Waals surface area contributed by atoms with Crippen LogP contribution in [0.25, 0.3) is 0 Å². The van der Waals surface area contributed by atoms with Gasteiger partial charge in [0.05, 0.1) is 11.5 Å². The zero-order valence-corrected chi connectivity index (χ0v) is 16.9. The van der Waals surface area contributed by atoms with Crippen LogP contribution in [0.15, 0.2) is 24.3 Å². The maximum atomic E-state index is 13.0. The molecule has 2 amide bonds. The number of benzene rings is 1. The van der Waals surface area contributed by atoms with Crippen molar-refractivity contribution in [2.24, 2.45) is 11.8 Å². The molecule has 0 aromatic heterocycles. The number of carboxylic acids is 1. The van der Waals surface area contributed by atoms with Crippen LogP contribution in [0, 0.1) is 11.8 Å². The van der Waals surface area contributed by atoms with Gasteiger partial charge in [-0.1, -0.05) is 31.0 Å². The van der Waals surface area contributed by atoms with E-state index < -0.39 is 5.97 Å². The largest absolute Gasteiger partial charge is 0.478 e. The fourth-order valence-electron chi connectivity index (χ4n) is 5.30. The van der Waals surface area contributed by atoms with Crippen molar-refractivity contribution in [3.05, 3.63) is 35.4 Å². The number of carboxylic acid groups (broad SMARTS) is 1. The number of rotatable bonds is 5. The number of amides is 2. The number of hydrogen-bond donors (Lipinski definition) is 1. The quantitative estimate of drug-likeness (QED) is 0.827. The van der Waals surface area contributed by atoms with E-state index in [0.29, 0.717) is 43.6 Å². The number of likely N-dealkylation sites (tertiary alicyclic amines) is 2. The Kier molecular flexibility index (Phi) is 5.88. The first-order chi connectivity index (χ1) is 14.0. The lowest BCUT2D eigenvalue weighted by Crippen LogP contribution is -2.43. The van der Waals surface area contributed by atoms with Gasteiger partial charge in [-0.3, -0.25) is 9.59 Å². The van der Waals surface area contributed by atoms with Crippen molar-refractivity contribution in [3.63, 3.8) is 0 Å². The molecular weight excluding hydrogens is 368 g/mol. The highest BCUT2D eigenvalue weighted by atomic mass is 16.4. The summed E-state index contributed by atoms with van der Waals surface area (Å²) in [7, 11) is 0. The molecule has 4 rings (SSSR count). The van der Waals surface area contributed by atoms with Crippen LogP contribution < -0.4 is 0 Å². The van der Waals surface area contributed by atoms with Gasteiger partial charge in [0, 0.05) is 32.1 Å². The molecule has 1 atom stereocenters. The number of carbonyl (C=O) groups excluding carboxylic acids is 2. The van der Waals surface area contributed by atoms with E-state index in [0.717, 1.165) is 37.7 Å². The summed E-state index contributed by atoms with van der Waals surface area (Å²) >= 11 is 0. The summed E-state index contributed by atoms with van der Waals surface area (Å²) in [5, 5.41) is 9.37. The summed E-state index contributed by atoms with van der Waals surface area (Å²) in [5.74, 6) is -0.406. The standard InChI is InChI=1S/C23H30N2O4/c26-21-14-18(15-25(21)19-6-2-3-7-19)22(27)24-11-9-16(10-12-24)13-17-5-1-4-8-20(17)23(28)29/h1,4-5,8,16,18-19H,2-3,6-7,9-15H2,(H,28,29). The molecular formula is C23H30N2O4. The lowest BCUT2D eigenvalue weighted by molar-refractivity contribution is -0.137. The van der Waals surface area contributed by atoms with Gasteiger partial charge in [0.2, 0.25) is 11.8 Å². The summed E-state index contributed by atoms with van der Waals surface area (Å²) in [4.78, 5) is 40.7. The van der Waals surface area contributed by atoms with Gasteiger partial charge >= 0.3 is 5.97 Å². The van der Waals surface area contributed by atoms with E-state index >= 15 is 0 Å². The van der Waals surface area contributed by atoms with E-state index in [-0.39, 0.29) is 17.7 Å². The molecule has 0 spiro atoms. The highest BCUT2D eigenvalue weighted by Gasteiger charge is 2.40. The third kappa shape index (κ3) is 4.31. The Balaban J connectivity index is 1.30. The van der Waals surface area contributed by atoms with Crippen LogP contribution in [0.3, 0.4) is 0 Å². The van der Waals surface area contributed by atoms with Gasteiger partial charge in [0.1, 0.15) is 0 Å². The van der Waals surface area contributed by atoms with E-state index in [1.807, 2.05) is 21.9 Å². The first-order valence-corrected chi connectivity index (χ1v) is 10.9. The molecule has 0 bridgehead atoms. The Morgan fingerprint density at radius 2 is 1.72 bits per heavy atom. The maximum Gasteiger partial charge on any atom is 0.335 e. The third-order valence-corrected chi connectivity index (χ3v) is 6.96. The zero-order valence-electron chi connectivity index (χ0n) is 16.9. The van der Waals surface area contributed by atoms with E-state index in [1.54, 1.807) is 12.1 Å². The Hall–Kier alpha value is -2.37. The number of nitrogens with zero attached hydrogens (tertiary/aromatic N) is 2. The van der Waals surface area contributed by atoms with E-state index in [4.69, 9.17) is 0 Å². The Bertz CT molecular complexity index is 779. The summed E-state index contributed by atoms with van der Waals surface area (Å²) < 4.78 is 0. The highest BCUT2D eigenvalue weighted by Crippen LogP contribution is 2.31. The third-order valence-electron chi connectivity index (χ3n) is 6.96. The predicted molar refractivity (Wildman–Crippen MR) is 108 cm³/mol. The number of carbonyl (C=O) groups is 3. The van der Waals surface area contributed by atoms with Crippen molar-refractivity contribution < 1.29 is 19.5 Å². The molecule has 2 heterocycles. The van der Waals surface area contributed by atoms with Crippen LogP contribution in [0.4, 0.5) is 0 Å². The molecule has 1 aliphatic carbocycles. The lowest BCUT2D eigenvalue weighted by atomic mass is 9.88. The molecule has 6 heteroatoms. The molecule has 156 valence electrons. The van der Waals surface area contributed by atoms with Crippen molar-refractivity contribution in [2.75, 3.05) is 19.6 Å². The second kappa shape index (κ2) is 8.56. The number of hydrogen-bond acceptors (Lipinski definition) is 3. The maximum absolute atomic E-state index is 13.0. The molecule has 1 aromatic rings. The van der Waals surface area contributed by atoms with Crippen LogP contribution in [-0.4, -0.2) is 58.4 Å². The van der Waals surface area contributed by atoms with Gasteiger partial charge in [0.25, 0.3) is 0 Å².